The Bertz CT molecular complexity index is 1250. The standard InChI is InChI=1S/C25H22N2O7/c1-5-32-24(30)16-9-15(10-17(11-16)25(31)33-6-2)21-8-7-18(34-21)12-19-14(3)20(13-26)23(29)27(4)22(19)28/h7-12H,5-6H2,1-4H3/b19-12+. The number of hydrogen-bond donors (Lipinski definition) is 0. The highest BCUT2D eigenvalue weighted by Crippen LogP contribution is 2.30. The monoisotopic (exact) mass is 462 g/mol. The van der Waals surface area contributed by atoms with Crippen LogP contribution in [-0.2, 0) is 19.1 Å². The molecular weight excluding hydrogens is 440 g/mol. The predicted molar refractivity (Wildman–Crippen MR) is 120 cm³/mol. The molecule has 2 heterocycles. The summed E-state index contributed by atoms with van der Waals surface area (Å²) < 4.78 is 15.9. The van der Waals surface area contributed by atoms with E-state index in [1.807, 2.05) is 6.07 Å². The summed E-state index contributed by atoms with van der Waals surface area (Å²) in [5.41, 5.74) is 0.999. The van der Waals surface area contributed by atoms with E-state index in [9.17, 15) is 24.4 Å². The molecule has 1 aromatic carbocycles. The minimum atomic E-state index is -0.662. The van der Waals surface area contributed by atoms with E-state index in [0.717, 1.165) is 4.90 Å². The second-order valence-corrected chi connectivity index (χ2v) is 7.28. The van der Waals surface area contributed by atoms with Gasteiger partial charge in [-0.2, -0.15) is 5.26 Å². The summed E-state index contributed by atoms with van der Waals surface area (Å²) in [5.74, 6) is -1.84. The normalized spacial score (nSPS) is 14.9. The van der Waals surface area contributed by atoms with Crippen molar-refractivity contribution in [2.24, 2.45) is 0 Å². The van der Waals surface area contributed by atoms with Crippen LogP contribution in [0.2, 0.25) is 0 Å². The van der Waals surface area contributed by atoms with Crippen LogP contribution in [0.5, 0.6) is 0 Å². The number of likely N-dealkylation sites (N-methyl/N-ethyl adjacent to an activating group) is 1. The Morgan fingerprint density at radius 3 is 2.15 bits per heavy atom. The zero-order chi connectivity index (χ0) is 25.0. The summed E-state index contributed by atoms with van der Waals surface area (Å²) in [7, 11) is 1.30. The first-order valence-electron chi connectivity index (χ1n) is 10.5. The van der Waals surface area contributed by atoms with Crippen molar-refractivity contribution >= 4 is 29.8 Å². The first-order chi connectivity index (χ1) is 16.2. The molecule has 3 rings (SSSR count). The number of amides is 2. The average Bonchev–Trinajstić information content (AvgIpc) is 3.30. The van der Waals surface area contributed by atoms with Crippen molar-refractivity contribution in [2.45, 2.75) is 20.8 Å². The third-order valence-electron chi connectivity index (χ3n) is 5.10. The van der Waals surface area contributed by atoms with E-state index in [4.69, 9.17) is 13.9 Å². The van der Waals surface area contributed by atoms with Crippen LogP contribution in [0.4, 0.5) is 0 Å². The van der Waals surface area contributed by atoms with E-state index in [2.05, 4.69) is 0 Å². The van der Waals surface area contributed by atoms with Crippen molar-refractivity contribution < 1.29 is 33.1 Å². The Balaban J connectivity index is 2.06. The van der Waals surface area contributed by atoms with Gasteiger partial charge in [-0.05, 0) is 62.8 Å². The smallest absolute Gasteiger partial charge is 0.338 e. The van der Waals surface area contributed by atoms with Crippen molar-refractivity contribution in [3.63, 3.8) is 0 Å². The van der Waals surface area contributed by atoms with Crippen LogP contribution < -0.4 is 0 Å². The average molecular weight is 462 g/mol. The van der Waals surface area contributed by atoms with E-state index >= 15 is 0 Å². The molecule has 0 radical (unpaired) electrons. The van der Waals surface area contributed by atoms with Crippen molar-refractivity contribution in [3.05, 3.63) is 63.9 Å². The molecule has 1 aliphatic heterocycles. The number of esters is 2. The quantitative estimate of drug-likeness (QED) is 0.362. The Hall–Kier alpha value is -4.45. The first kappa shape index (κ1) is 24.2. The number of benzene rings is 1. The minimum absolute atomic E-state index is 0.124. The highest BCUT2D eigenvalue weighted by molar-refractivity contribution is 6.19. The maximum absolute atomic E-state index is 12.6. The Morgan fingerprint density at radius 2 is 1.62 bits per heavy atom. The van der Waals surface area contributed by atoms with Crippen LogP contribution in [0.3, 0.4) is 0 Å². The number of hydrogen-bond acceptors (Lipinski definition) is 8. The molecule has 9 heteroatoms. The van der Waals surface area contributed by atoms with E-state index in [1.165, 1.54) is 38.2 Å². The molecule has 2 aromatic rings. The van der Waals surface area contributed by atoms with Crippen LogP contribution >= 0.6 is 0 Å². The van der Waals surface area contributed by atoms with E-state index < -0.39 is 23.8 Å². The van der Waals surface area contributed by atoms with Gasteiger partial charge in [-0.3, -0.25) is 14.5 Å². The fourth-order valence-electron chi connectivity index (χ4n) is 3.36. The molecular formula is C25H22N2O7. The molecule has 1 aromatic heterocycles. The summed E-state index contributed by atoms with van der Waals surface area (Å²) in [4.78, 5) is 50.2. The molecule has 0 unspecified atom stereocenters. The van der Waals surface area contributed by atoms with Crippen LogP contribution in [0.15, 0.2) is 51.5 Å². The number of carbonyl (C=O) groups excluding carboxylic acids is 4. The fourth-order valence-corrected chi connectivity index (χ4v) is 3.36. The Morgan fingerprint density at radius 1 is 1.03 bits per heavy atom. The van der Waals surface area contributed by atoms with Gasteiger partial charge in [0.2, 0.25) is 0 Å². The molecule has 0 saturated carbocycles. The molecule has 0 N–H and O–H groups in total. The maximum atomic E-state index is 12.6. The molecule has 174 valence electrons. The minimum Gasteiger partial charge on any atom is -0.462 e. The van der Waals surface area contributed by atoms with E-state index in [0.29, 0.717) is 11.3 Å². The number of rotatable bonds is 6. The molecule has 0 fully saturated rings. The van der Waals surface area contributed by atoms with Crippen molar-refractivity contribution in [3.8, 4) is 17.4 Å². The highest BCUT2D eigenvalue weighted by Gasteiger charge is 2.33. The van der Waals surface area contributed by atoms with Crippen LogP contribution in [0, 0.1) is 11.3 Å². The Kier molecular flexibility index (Phi) is 7.12. The molecule has 9 nitrogen and oxygen atoms in total. The summed E-state index contributed by atoms with van der Waals surface area (Å²) >= 11 is 0. The number of carbonyl (C=O) groups is 4. The highest BCUT2D eigenvalue weighted by atomic mass is 16.5. The number of imide groups is 1. The summed E-state index contributed by atoms with van der Waals surface area (Å²) in [6.07, 6.45) is 1.43. The zero-order valence-electron chi connectivity index (χ0n) is 19.1. The molecule has 1 aliphatic rings. The zero-order valence-corrected chi connectivity index (χ0v) is 19.1. The third-order valence-corrected chi connectivity index (χ3v) is 5.10. The number of nitrogens with zero attached hydrogens (tertiary/aromatic N) is 2. The third kappa shape index (κ3) is 4.66. The van der Waals surface area contributed by atoms with E-state index in [-0.39, 0.29) is 46.8 Å². The van der Waals surface area contributed by atoms with Crippen molar-refractivity contribution in [2.75, 3.05) is 20.3 Å². The van der Waals surface area contributed by atoms with Crippen LogP contribution in [0.1, 0.15) is 47.2 Å². The van der Waals surface area contributed by atoms with Gasteiger partial charge in [0.15, 0.2) is 0 Å². The van der Waals surface area contributed by atoms with Gasteiger partial charge >= 0.3 is 11.9 Å². The maximum Gasteiger partial charge on any atom is 0.338 e. The molecule has 0 aliphatic carbocycles. The molecule has 0 bridgehead atoms. The lowest BCUT2D eigenvalue weighted by Gasteiger charge is -2.23. The van der Waals surface area contributed by atoms with Crippen LogP contribution in [-0.4, -0.2) is 48.9 Å². The summed E-state index contributed by atoms with van der Waals surface area (Å²) in [5, 5.41) is 9.30. The molecule has 34 heavy (non-hydrogen) atoms. The Labute approximate surface area is 195 Å². The fraction of sp³-hybridized carbons (Fsp3) is 0.240. The van der Waals surface area contributed by atoms with Gasteiger partial charge in [0, 0.05) is 18.2 Å². The van der Waals surface area contributed by atoms with Gasteiger partial charge in [-0.15, -0.1) is 0 Å². The van der Waals surface area contributed by atoms with Gasteiger partial charge in [0.1, 0.15) is 23.2 Å². The van der Waals surface area contributed by atoms with E-state index in [1.54, 1.807) is 26.0 Å². The lowest BCUT2D eigenvalue weighted by atomic mass is 9.95. The molecule has 2 amide bonds. The van der Waals surface area contributed by atoms with Gasteiger partial charge in [-0.25, -0.2) is 9.59 Å². The largest absolute Gasteiger partial charge is 0.462 e. The predicted octanol–water partition coefficient (Wildman–Crippen LogP) is 3.52. The SMILES string of the molecule is CCOC(=O)c1cc(C(=O)OCC)cc(-c2ccc(/C=C3/C(=O)N(C)C(=O)C(C#N)=C3C)o2)c1. The lowest BCUT2D eigenvalue weighted by molar-refractivity contribution is -0.138. The lowest BCUT2D eigenvalue weighted by Crippen LogP contribution is -2.39. The van der Waals surface area contributed by atoms with Crippen molar-refractivity contribution in [1.29, 1.82) is 5.26 Å². The van der Waals surface area contributed by atoms with Gasteiger partial charge < -0.3 is 13.9 Å². The second-order valence-electron chi connectivity index (χ2n) is 7.28. The number of ether oxygens (including phenoxy) is 2. The molecule has 0 spiro atoms. The number of nitriles is 1. The van der Waals surface area contributed by atoms with Gasteiger partial charge in [0.25, 0.3) is 11.8 Å². The van der Waals surface area contributed by atoms with Gasteiger partial charge in [-0.1, -0.05) is 0 Å². The molecule has 0 atom stereocenters. The van der Waals surface area contributed by atoms with Crippen LogP contribution in [0.25, 0.3) is 17.4 Å². The second kappa shape index (κ2) is 10.0. The first-order valence-corrected chi connectivity index (χ1v) is 10.5. The van der Waals surface area contributed by atoms with Crippen molar-refractivity contribution in [1.82, 2.24) is 4.90 Å². The number of furan rings is 1. The summed E-state index contributed by atoms with van der Waals surface area (Å²) in [6, 6.07) is 9.46. The summed E-state index contributed by atoms with van der Waals surface area (Å²) in [6.45, 7) is 5.20. The topological polar surface area (TPSA) is 127 Å². The molecule has 0 saturated heterocycles. The van der Waals surface area contributed by atoms with Gasteiger partial charge in [0.05, 0.1) is 24.3 Å².